The van der Waals surface area contributed by atoms with Crippen molar-refractivity contribution in [2.45, 2.75) is 17.4 Å². The van der Waals surface area contributed by atoms with E-state index in [1.54, 1.807) is 37.3 Å². The van der Waals surface area contributed by atoms with E-state index in [9.17, 15) is 13.2 Å². The Morgan fingerprint density at radius 2 is 1.80 bits per heavy atom. The van der Waals surface area contributed by atoms with E-state index in [0.717, 1.165) is 5.56 Å². The Morgan fingerprint density at radius 3 is 2.52 bits per heavy atom. The zero-order valence-electron chi connectivity index (χ0n) is 13.7. The molecule has 4 rings (SSSR count). The number of hydrogen-bond donors (Lipinski definition) is 0. The maximum Gasteiger partial charge on any atom is 0.336 e. The zero-order chi connectivity index (χ0) is 17.7. The third-order valence-corrected chi connectivity index (χ3v) is 6.67. The van der Waals surface area contributed by atoms with Gasteiger partial charge in [-0.25, -0.2) is 13.2 Å². The molecule has 1 unspecified atom stereocenters. The van der Waals surface area contributed by atoms with E-state index in [-0.39, 0.29) is 18.0 Å². The fourth-order valence-electron chi connectivity index (χ4n) is 3.83. The number of ether oxygens (including phenoxy) is 1. The molecule has 5 nitrogen and oxygen atoms in total. The van der Waals surface area contributed by atoms with Crippen LogP contribution in [0.3, 0.4) is 0 Å². The Hall–Kier alpha value is -2.44. The molecule has 2 aliphatic rings. The molecular weight excluding hydrogens is 338 g/mol. The van der Waals surface area contributed by atoms with Crippen LogP contribution < -0.4 is 0 Å². The predicted molar refractivity (Wildman–Crippen MR) is 92.3 cm³/mol. The lowest BCUT2D eigenvalue weighted by Crippen LogP contribution is -2.44. The van der Waals surface area contributed by atoms with Crippen molar-refractivity contribution < 1.29 is 17.9 Å². The lowest BCUT2D eigenvalue weighted by atomic mass is 9.78. The molecule has 0 saturated carbocycles. The molecule has 0 bridgehead atoms. The van der Waals surface area contributed by atoms with E-state index < -0.39 is 21.5 Å². The number of hydrogen-bond acceptors (Lipinski definition) is 4. The maximum absolute atomic E-state index is 13.1. The Labute approximate surface area is 146 Å². The van der Waals surface area contributed by atoms with Crippen LogP contribution in [0.1, 0.15) is 18.1 Å². The topological polar surface area (TPSA) is 63.7 Å². The molecule has 0 saturated heterocycles. The van der Waals surface area contributed by atoms with Gasteiger partial charge in [-0.15, -0.1) is 0 Å². The average Bonchev–Trinajstić information content (AvgIpc) is 3.12. The Balaban J connectivity index is 2.07. The van der Waals surface area contributed by atoms with Gasteiger partial charge in [0.15, 0.2) is 0 Å². The summed E-state index contributed by atoms with van der Waals surface area (Å²) in [6.45, 7) is 2.11. The largest absolute Gasteiger partial charge is 0.463 e. The molecule has 6 heteroatoms. The van der Waals surface area contributed by atoms with Gasteiger partial charge >= 0.3 is 5.97 Å². The van der Waals surface area contributed by atoms with Crippen molar-refractivity contribution in [2.75, 3.05) is 13.2 Å². The van der Waals surface area contributed by atoms with Gasteiger partial charge in [0.05, 0.1) is 17.1 Å². The Bertz CT molecular complexity index is 981. The maximum atomic E-state index is 13.1. The van der Waals surface area contributed by atoms with Crippen molar-refractivity contribution in [1.82, 2.24) is 4.31 Å². The molecule has 0 aliphatic carbocycles. The summed E-state index contributed by atoms with van der Waals surface area (Å²) in [4.78, 5) is 12.9. The summed E-state index contributed by atoms with van der Waals surface area (Å²) in [6.07, 6.45) is 1.67. The van der Waals surface area contributed by atoms with Crippen LogP contribution in [-0.4, -0.2) is 31.8 Å². The first-order valence-corrected chi connectivity index (χ1v) is 9.54. The molecule has 1 atom stereocenters. The van der Waals surface area contributed by atoms with Gasteiger partial charge in [-0.3, -0.25) is 0 Å². The van der Waals surface area contributed by atoms with Crippen LogP contribution in [0, 0.1) is 0 Å². The SMILES string of the molecule is CCOC(=O)C1=CCN2C1(c1ccccc1)c1ccccc1S2(=O)=O. The first-order valence-electron chi connectivity index (χ1n) is 8.10. The zero-order valence-corrected chi connectivity index (χ0v) is 14.5. The minimum Gasteiger partial charge on any atom is -0.463 e. The first-order chi connectivity index (χ1) is 12.0. The number of nitrogens with zero attached hydrogens (tertiary/aromatic N) is 1. The lowest BCUT2D eigenvalue weighted by molar-refractivity contribution is -0.139. The van der Waals surface area contributed by atoms with E-state index >= 15 is 0 Å². The smallest absolute Gasteiger partial charge is 0.336 e. The van der Waals surface area contributed by atoms with Crippen molar-refractivity contribution in [1.29, 1.82) is 0 Å². The molecule has 0 radical (unpaired) electrons. The predicted octanol–water partition coefficient (Wildman–Crippen LogP) is 2.44. The third kappa shape index (κ3) is 1.98. The number of carbonyl (C=O) groups is 1. The van der Waals surface area contributed by atoms with Crippen LogP contribution in [0.2, 0.25) is 0 Å². The van der Waals surface area contributed by atoms with Crippen LogP contribution in [0.15, 0.2) is 71.1 Å². The number of carbonyl (C=O) groups excluding carboxylic acids is 1. The first kappa shape index (κ1) is 16.1. The summed E-state index contributed by atoms with van der Waals surface area (Å²) in [5, 5.41) is 0. The molecule has 2 aromatic carbocycles. The number of rotatable bonds is 3. The lowest BCUT2D eigenvalue weighted by Gasteiger charge is -2.34. The Kier molecular flexibility index (Phi) is 3.56. The quantitative estimate of drug-likeness (QED) is 0.794. The summed E-state index contributed by atoms with van der Waals surface area (Å²) in [5.41, 5.74) is 0.524. The van der Waals surface area contributed by atoms with Crippen LogP contribution in [0.5, 0.6) is 0 Å². The van der Waals surface area contributed by atoms with Crippen LogP contribution in [0.4, 0.5) is 0 Å². The second kappa shape index (κ2) is 5.54. The van der Waals surface area contributed by atoms with E-state index in [4.69, 9.17) is 4.74 Å². The molecule has 25 heavy (non-hydrogen) atoms. The number of benzene rings is 2. The van der Waals surface area contributed by atoms with Gasteiger partial charge < -0.3 is 4.74 Å². The fourth-order valence-corrected chi connectivity index (χ4v) is 5.75. The molecule has 0 aromatic heterocycles. The van der Waals surface area contributed by atoms with E-state index in [0.29, 0.717) is 11.1 Å². The summed E-state index contributed by atoms with van der Waals surface area (Å²) in [6, 6.07) is 16.1. The van der Waals surface area contributed by atoms with E-state index in [2.05, 4.69) is 0 Å². The number of sulfonamides is 1. The highest BCUT2D eigenvalue weighted by Crippen LogP contribution is 2.55. The molecule has 2 heterocycles. The molecule has 2 aromatic rings. The minimum atomic E-state index is -3.70. The molecule has 0 N–H and O–H groups in total. The van der Waals surface area contributed by atoms with Gasteiger partial charge in [0.2, 0.25) is 10.0 Å². The highest BCUT2D eigenvalue weighted by Gasteiger charge is 2.61. The molecule has 0 fully saturated rings. The van der Waals surface area contributed by atoms with E-state index in [1.807, 2.05) is 30.3 Å². The molecular formula is C19H17NO4S. The summed E-state index contributed by atoms with van der Waals surface area (Å²) < 4.78 is 32.9. The highest BCUT2D eigenvalue weighted by atomic mass is 32.2. The van der Waals surface area contributed by atoms with Crippen molar-refractivity contribution in [3.8, 4) is 0 Å². The van der Waals surface area contributed by atoms with Gasteiger partial charge in [-0.1, -0.05) is 54.6 Å². The Morgan fingerprint density at radius 1 is 1.12 bits per heavy atom. The molecule has 128 valence electrons. The van der Waals surface area contributed by atoms with Crippen LogP contribution in [0.25, 0.3) is 0 Å². The molecule has 0 spiro atoms. The summed E-state index contributed by atoms with van der Waals surface area (Å²) in [7, 11) is -3.70. The van der Waals surface area contributed by atoms with Crippen LogP contribution >= 0.6 is 0 Å². The summed E-state index contributed by atoms with van der Waals surface area (Å²) >= 11 is 0. The monoisotopic (exact) mass is 355 g/mol. The van der Waals surface area contributed by atoms with Crippen molar-refractivity contribution >= 4 is 16.0 Å². The van der Waals surface area contributed by atoms with Gasteiger partial charge in [-0.2, -0.15) is 4.31 Å². The van der Waals surface area contributed by atoms with Gasteiger partial charge in [0.1, 0.15) is 5.54 Å². The standard InChI is InChI=1S/C19H17NO4S/c1-2-24-18(21)16-12-13-20-19(16,14-8-4-3-5-9-14)15-10-6-7-11-17(15)25(20,22)23/h3-12H,2,13H2,1H3. The molecule has 2 aliphatic heterocycles. The van der Waals surface area contributed by atoms with Crippen molar-refractivity contribution in [3.05, 3.63) is 77.4 Å². The minimum absolute atomic E-state index is 0.139. The third-order valence-electron chi connectivity index (χ3n) is 4.76. The molecule has 0 amide bonds. The normalized spacial score (nSPS) is 23.6. The van der Waals surface area contributed by atoms with E-state index in [1.165, 1.54) is 4.31 Å². The second-order valence-corrected chi connectivity index (χ2v) is 7.78. The van der Waals surface area contributed by atoms with Crippen molar-refractivity contribution in [3.63, 3.8) is 0 Å². The highest BCUT2D eigenvalue weighted by molar-refractivity contribution is 7.89. The second-order valence-electron chi connectivity index (χ2n) is 5.95. The van der Waals surface area contributed by atoms with Gasteiger partial charge in [-0.05, 0) is 18.6 Å². The fraction of sp³-hybridized carbons (Fsp3) is 0.211. The average molecular weight is 355 g/mol. The van der Waals surface area contributed by atoms with Crippen molar-refractivity contribution in [2.24, 2.45) is 0 Å². The number of fused-ring (bicyclic) bond motifs is 3. The van der Waals surface area contributed by atoms with Crippen LogP contribution in [-0.2, 0) is 25.1 Å². The summed E-state index contributed by atoms with van der Waals surface area (Å²) in [5.74, 6) is -0.485. The van der Waals surface area contributed by atoms with Gasteiger partial charge in [0.25, 0.3) is 0 Å². The van der Waals surface area contributed by atoms with Gasteiger partial charge in [0, 0.05) is 12.1 Å². The number of esters is 1.